The monoisotopic (exact) mass is 1070 g/mol. The summed E-state index contributed by atoms with van der Waals surface area (Å²) in [6.07, 6.45) is 3.61. The number of H-pyrrole nitrogens is 1. The zero-order chi connectivity index (χ0) is 54.3. The van der Waals surface area contributed by atoms with Crippen LogP contribution in [0.15, 0.2) is 144 Å². The minimum absolute atomic E-state index is 0.00862. The van der Waals surface area contributed by atoms with Crippen LogP contribution in [-0.4, -0.2) is 72.0 Å². The van der Waals surface area contributed by atoms with Crippen LogP contribution in [-0.2, 0) is 43.7 Å². The average Bonchev–Trinajstić information content (AvgIpc) is 4.31. The second kappa shape index (κ2) is 20.6. The van der Waals surface area contributed by atoms with Gasteiger partial charge in [0, 0.05) is 53.9 Å². The topological polar surface area (TPSA) is 232 Å². The molecule has 2 aliphatic heterocycles. The first kappa shape index (κ1) is 51.5. The largest absolute Gasteiger partial charge is 0.454 e. The smallest absolute Gasteiger partial charge is 0.264 e. The molecule has 0 saturated heterocycles. The lowest BCUT2D eigenvalue weighted by Crippen LogP contribution is -2.35. The third-order valence-electron chi connectivity index (χ3n) is 13.5. The number of hydrogen-bond donors (Lipinski definition) is 3. The predicted molar refractivity (Wildman–Crippen MR) is 286 cm³/mol. The summed E-state index contributed by atoms with van der Waals surface area (Å²) in [4.78, 5) is 31.2. The van der Waals surface area contributed by atoms with Gasteiger partial charge in [-0.05, 0) is 111 Å². The van der Waals surface area contributed by atoms with E-state index in [0.717, 1.165) is 38.5 Å². The van der Waals surface area contributed by atoms with Crippen molar-refractivity contribution in [2.45, 2.75) is 61.2 Å². The number of nitrogens with zero attached hydrogens (tertiary/aromatic N) is 6. The Morgan fingerprint density at radius 1 is 0.584 bits per heavy atom. The van der Waals surface area contributed by atoms with Gasteiger partial charge in [0.15, 0.2) is 28.7 Å². The van der Waals surface area contributed by atoms with E-state index in [-0.39, 0.29) is 35.2 Å². The number of aromatic amines is 1. The van der Waals surface area contributed by atoms with Crippen LogP contribution in [0.5, 0.6) is 23.0 Å². The normalized spacial score (nSPS) is 13.5. The Bertz CT molecular complexity index is 4020. The molecule has 21 heteroatoms. The zero-order valence-electron chi connectivity index (χ0n) is 42.5. The second-order valence-corrected chi connectivity index (χ2v) is 22.5. The molecule has 2 unspecified atom stereocenters. The first-order valence-electron chi connectivity index (χ1n) is 24.3. The lowest BCUT2D eigenvalue weighted by Gasteiger charge is -2.18. The van der Waals surface area contributed by atoms with E-state index in [4.69, 9.17) is 25.5 Å². The minimum atomic E-state index is -4.15. The number of amides is 2. The standard InChI is InChI=1S/C28H26N6O5S.C28H25N3O5S/c1-16(2)17-4-8-20(9-5-17)40(36,37)31-28(35)26(18-7-11-24-25(13-18)39-15-38-24)22-14-34(3)23-12-19(6-10-21(22)23)27-29-32-33-30-27;1-17(2)18-5-9-21(10-6-18)37(33,34)30-28(32)27(19-7-12-25-26(13-19)36-16-35-25)23-15-31(4)24-14-20(29-3)8-11-22(23)24/h4-14,16,26H,15H2,1-3H3,(H,31,35)(H,29,30,32,33);5-15,17,27H,16H2,1-2,4H3,(H,30,32). The van der Waals surface area contributed by atoms with E-state index < -0.39 is 43.7 Å². The summed E-state index contributed by atoms with van der Waals surface area (Å²) in [5.41, 5.74) is 7.11. The van der Waals surface area contributed by atoms with Crippen LogP contribution >= 0.6 is 0 Å². The number of nitrogens with one attached hydrogen (secondary N) is 3. The van der Waals surface area contributed by atoms with Gasteiger partial charge in [0.05, 0.1) is 28.2 Å². The number of tetrazole rings is 1. The fraction of sp³-hybridized carbons (Fsp3) is 0.214. The highest BCUT2D eigenvalue weighted by Crippen LogP contribution is 2.42. The van der Waals surface area contributed by atoms with Crippen LogP contribution in [0.2, 0.25) is 0 Å². The van der Waals surface area contributed by atoms with Gasteiger partial charge in [0.25, 0.3) is 20.0 Å². The molecule has 0 aliphatic carbocycles. The highest BCUT2D eigenvalue weighted by atomic mass is 32.2. The van der Waals surface area contributed by atoms with Crippen LogP contribution in [0.25, 0.3) is 38.0 Å². The van der Waals surface area contributed by atoms with E-state index in [2.05, 4.69) is 34.9 Å². The number of carbonyl (C=O) groups excluding carboxylic acids is 2. The lowest BCUT2D eigenvalue weighted by molar-refractivity contribution is -0.120. The van der Waals surface area contributed by atoms with E-state index >= 15 is 0 Å². The molecule has 77 heavy (non-hydrogen) atoms. The van der Waals surface area contributed by atoms with Crippen LogP contribution < -0.4 is 28.4 Å². The van der Waals surface area contributed by atoms with Gasteiger partial charge >= 0.3 is 0 Å². The second-order valence-electron chi connectivity index (χ2n) is 19.1. The molecule has 2 amide bonds. The molecule has 0 spiro atoms. The van der Waals surface area contributed by atoms with Crippen molar-refractivity contribution in [2.24, 2.45) is 14.1 Å². The Labute approximate surface area is 443 Å². The maximum atomic E-state index is 13.9. The summed E-state index contributed by atoms with van der Waals surface area (Å²) in [5.74, 6) is -0.325. The van der Waals surface area contributed by atoms with Gasteiger partial charge in [-0.25, -0.2) is 31.1 Å². The summed E-state index contributed by atoms with van der Waals surface area (Å²) in [7, 11) is -4.60. The van der Waals surface area contributed by atoms with Crippen molar-refractivity contribution in [3.05, 3.63) is 179 Å². The number of aryl methyl sites for hydroxylation is 2. The SMILES string of the molecule is CC(C)c1ccc(S(=O)(=O)NC(=O)C(c2ccc3c(c2)OCO3)c2cn(C)c3cc(-c4nn[nH]n4)ccc23)cc1.[C-]#[N+]c1ccc2c(C(C(=O)NS(=O)(=O)c3ccc(C(C)C)cc3)c3ccc4c(c3)OCO4)cn(C)c2c1. The molecule has 6 aromatic carbocycles. The number of fused-ring (bicyclic) bond motifs is 4. The molecule has 0 bridgehead atoms. The Kier molecular flexibility index (Phi) is 13.8. The molecule has 392 valence electrons. The summed E-state index contributed by atoms with van der Waals surface area (Å²) in [6.45, 7) is 15.6. The molecule has 9 aromatic rings. The van der Waals surface area contributed by atoms with Crippen LogP contribution in [0.3, 0.4) is 0 Å². The number of sulfonamides is 2. The fourth-order valence-corrected chi connectivity index (χ4v) is 11.5. The van der Waals surface area contributed by atoms with Gasteiger partial charge in [-0.3, -0.25) is 9.59 Å². The van der Waals surface area contributed by atoms with E-state index in [1.807, 2.05) is 75.3 Å². The van der Waals surface area contributed by atoms with Gasteiger partial charge < -0.3 is 28.1 Å². The summed E-state index contributed by atoms with van der Waals surface area (Å²) < 4.78 is 83.3. The number of rotatable bonds is 13. The Balaban J connectivity index is 0.000000175. The van der Waals surface area contributed by atoms with Gasteiger partial charge in [0.2, 0.25) is 31.2 Å². The van der Waals surface area contributed by atoms with Crippen molar-refractivity contribution in [3.63, 3.8) is 0 Å². The molecule has 3 N–H and O–H groups in total. The number of hydrogen-bond acceptors (Lipinski definition) is 13. The first-order chi connectivity index (χ1) is 36.9. The van der Waals surface area contributed by atoms with Crippen molar-refractivity contribution in [2.75, 3.05) is 13.6 Å². The van der Waals surface area contributed by atoms with E-state index in [1.165, 1.54) is 24.3 Å². The quantitative estimate of drug-likeness (QED) is 0.0916. The van der Waals surface area contributed by atoms with Crippen molar-refractivity contribution in [1.29, 1.82) is 0 Å². The van der Waals surface area contributed by atoms with Crippen LogP contribution in [0.4, 0.5) is 5.69 Å². The lowest BCUT2D eigenvalue weighted by atomic mass is 9.90. The molecule has 0 radical (unpaired) electrons. The molecule has 0 fully saturated rings. The molecule has 5 heterocycles. The van der Waals surface area contributed by atoms with Crippen molar-refractivity contribution in [1.82, 2.24) is 39.2 Å². The highest BCUT2D eigenvalue weighted by Gasteiger charge is 2.34. The Morgan fingerprint density at radius 2 is 1.03 bits per heavy atom. The minimum Gasteiger partial charge on any atom is -0.454 e. The van der Waals surface area contributed by atoms with Crippen molar-refractivity contribution in [3.8, 4) is 34.4 Å². The van der Waals surface area contributed by atoms with Gasteiger partial charge in [-0.1, -0.05) is 88.4 Å². The maximum Gasteiger partial charge on any atom is 0.264 e. The average molecular weight is 1070 g/mol. The zero-order valence-corrected chi connectivity index (χ0v) is 44.1. The van der Waals surface area contributed by atoms with Gasteiger partial charge in [-0.2, -0.15) is 5.21 Å². The highest BCUT2D eigenvalue weighted by molar-refractivity contribution is 7.90. The van der Waals surface area contributed by atoms with Crippen LogP contribution in [0, 0.1) is 6.57 Å². The first-order valence-corrected chi connectivity index (χ1v) is 27.3. The molecule has 2 aliphatic rings. The Hall–Kier alpha value is -9.00. The van der Waals surface area contributed by atoms with Crippen molar-refractivity contribution < 1.29 is 45.4 Å². The molecular weight excluding hydrogens is 1020 g/mol. The Morgan fingerprint density at radius 3 is 1.47 bits per heavy atom. The predicted octanol–water partition coefficient (Wildman–Crippen LogP) is 9.07. The number of carbonyl (C=O) groups is 2. The fourth-order valence-electron chi connectivity index (χ4n) is 9.47. The third-order valence-corrected chi connectivity index (χ3v) is 16.3. The van der Waals surface area contributed by atoms with Crippen molar-refractivity contribution >= 4 is 59.4 Å². The summed E-state index contributed by atoms with van der Waals surface area (Å²) in [6, 6.07) is 34.1. The molecule has 0 saturated carbocycles. The number of ether oxygens (including phenoxy) is 4. The van der Waals surface area contributed by atoms with Crippen LogP contribution in [0.1, 0.15) is 84.7 Å². The van der Waals surface area contributed by atoms with Gasteiger partial charge in [-0.15, -0.1) is 10.2 Å². The third kappa shape index (κ3) is 10.3. The van der Waals surface area contributed by atoms with E-state index in [0.29, 0.717) is 56.8 Å². The molecular formula is C56H51N9O10S2. The van der Waals surface area contributed by atoms with E-state index in [9.17, 15) is 26.4 Å². The molecule has 11 rings (SSSR count). The number of benzene rings is 6. The molecule has 3 aromatic heterocycles. The molecule has 19 nitrogen and oxygen atoms in total. The summed E-state index contributed by atoms with van der Waals surface area (Å²) >= 11 is 0. The number of aromatic nitrogens is 6. The van der Waals surface area contributed by atoms with Gasteiger partial charge in [0.1, 0.15) is 0 Å². The summed E-state index contributed by atoms with van der Waals surface area (Å²) in [5, 5.41) is 15.7. The molecule has 2 atom stereocenters. The maximum absolute atomic E-state index is 13.9. The van der Waals surface area contributed by atoms with E-state index in [1.54, 1.807) is 85.1 Å².